The van der Waals surface area contributed by atoms with Crippen molar-refractivity contribution in [2.75, 3.05) is 26.2 Å². The van der Waals surface area contributed by atoms with Crippen LogP contribution in [0.15, 0.2) is 35.3 Å². The van der Waals surface area contributed by atoms with Gasteiger partial charge >= 0.3 is 0 Å². The normalized spacial score (nSPS) is 15.5. The highest BCUT2D eigenvalue weighted by atomic mass is 127. The fourth-order valence-electron chi connectivity index (χ4n) is 2.50. The van der Waals surface area contributed by atoms with Gasteiger partial charge in [-0.2, -0.15) is 0 Å². The first-order valence-corrected chi connectivity index (χ1v) is 8.03. The van der Waals surface area contributed by atoms with Gasteiger partial charge in [0.15, 0.2) is 5.96 Å². The monoisotopic (exact) mass is 417 g/mol. The SMILES string of the molecule is I.NC(=NCCCCOCc1ccccc1)N1CCCCC1. The van der Waals surface area contributed by atoms with Crippen LogP contribution in [0.5, 0.6) is 0 Å². The number of aliphatic imine (C=N–C) groups is 1. The molecule has 5 heteroatoms. The minimum atomic E-state index is 0. The molecule has 1 aromatic carbocycles. The van der Waals surface area contributed by atoms with E-state index in [0.717, 1.165) is 45.0 Å². The Kier molecular flexibility index (Phi) is 10.2. The molecule has 1 aromatic rings. The summed E-state index contributed by atoms with van der Waals surface area (Å²) in [6.45, 7) is 4.41. The maximum Gasteiger partial charge on any atom is 0.191 e. The van der Waals surface area contributed by atoms with E-state index in [1.165, 1.54) is 24.8 Å². The maximum absolute atomic E-state index is 6.01. The van der Waals surface area contributed by atoms with Crippen molar-refractivity contribution in [3.8, 4) is 0 Å². The van der Waals surface area contributed by atoms with Crippen LogP contribution < -0.4 is 5.73 Å². The van der Waals surface area contributed by atoms with E-state index in [-0.39, 0.29) is 24.0 Å². The van der Waals surface area contributed by atoms with Crippen LogP contribution in [0.25, 0.3) is 0 Å². The van der Waals surface area contributed by atoms with Crippen LogP contribution in [0.4, 0.5) is 0 Å². The van der Waals surface area contributed by atoms with E-state index in [9.17, 15) is 0 Å². The Hall–Kier alpha value is -0.820. The van der Waals surface area contributed by atoms with Crippen molar-refractivity contribution < 1.29 is 4.74 Å². The number of guanidine groups is 1. The lowest BCUT2D eigenvalue weighted by Crippen LogP contribution is -2.40. The summed E-state index contributed by atoms with van der Waals surface area (Å²) in [6.07, 6.45) is 5.86. The first-order valence-electron chi connectivity index (χ1n) is 8.03. The summed E-state index contributed by atoms with van der Waals surface area (Å²) in [5.74, 6) is 0.722. The van der Waals surface area contributed by atoms with Gasteiger partial charge in [-0.3, -0.25) is 4.99 Å². The van der Waals surface area contributed by atoms with E-state index in [0.29, 0.717) is 6.61 Å². The number of hydrogen-bond donors (Lipinski definition) is 1. The van der Waals surface area contributed by atoms with Crippen molar-refractivity contribution in [1.29, 1.82) is 0 Å². The molecular weight excluding hydrogens is 389 g/mol. The largest absolute Gasteiger partial charge is 0.377 e. The molecule has 2 N–H and O–H groups in total. The average molecular weight is 417 g/mol. The number of ether oxygens (including phenoxy) is 1. The minimum absolute atomic E-state index is 0. The van der Waals surface area contributed by atoms with Gasteiger partial charge in [-0.15, -0.1) is 24.0 Å². The highest BCUT2D eigenvalue weighted by Crippen LogP contribution is 2.08. The van der Waals surface area contributed by atoms with Crippen LogP contribution in [-0.2, 0) is 11.3 Å². The molecule has 124 valence electrons. The van der Waals surface area contributed by atoms with Gasteiger partial charge in [0.1, 0.15) is 0 Å². The number of likely N-dealkylation sites (tertiary alicyclic amines) is 1. The molecule has 0 saturated carbocycles. The molecule has 0 aliphatic carbocycles. The molecule has 0 bridgehead atoms. The smallest absolute Gasteiger partial charge is 0.191 e. The fraction of sp³-hybridized carbons (Fsp3) is 0.588. The third-order valence-electron chi connectivity index (χ3n) is 3.76. The van der Waals surface area contributed by atoms with Crippen molar-refractivity contribution in [3.05, 3.63) is 35.9 Å². The number of benzene rings is 1. The first kappa shape index (κ1) is 19.2. The van der Waals surface area contributed by atoms with E-state index >= 15 is 0 Å². The third-order valence-corrected chi connectivity index (χ3v) is 3.76. The van der Waals surface area contributed by atoms with Crippen molar-refractivity contribution in [2.45, 2.75) is 38.7 Å². The molecule has 0 radical (unpaired) electrons. The number of hydrogen-bond acceptors (Lipinski definition) is 2. The number of nitrogens with two attached hydrogens (primary N) is 1. The fourth-order valence-corrected chi connectivity index (χ4v) is 2.50. The maximum atomic E-state index is 6.01. The molecule has 0 amide bonds. The summed E-state index contributed by atoms with van der Waals surface area (Å²) < 4.78 is 5.65. The molecule has 2 rings (SSSR count). The lowest BCUT2D eigenvalue weighted by Gasteiger charge is -2.27. The van der Waals surface area contributed by atoms with Gasteiger partial charge < -0.3 is 15.4 Å². The Balaban J connectivity index is 0.00000242. The second-order valence-electron chi connectivity index (χ2n) is 5.53. The van der Waals surface area contributed by atoms with Crippen molar-refractivity contribution in [1.82, 2.24) is 4.90 Å². The van der Waals surface area contributed by atoms with E-state index in [4.69, 9.17) is 10.5 Å². The van der Waals surface area contributed by atoms with E-state index < -0.39 is 0 Å². The Morgan fingerprint density at radius 3 is 2.55 bits per heavy atom. The zero-order chi connectivity index (χ0) is 14.8. The molecule has 0 aromatic heterocycles. The summed E-state index contributed by atoms with van der Waals surface area (Å²) in [7, 11) is 0. The van der Waals surface area contributed by atoms with Gasteiger partial charge in [0.05, 0.1) is 6.61 Å². The number of rotatable bonds is 7. The second-order valence-corrected chi connectivity index (χ2v) is 5.53. The van der Waals surface area contributed by atoms with Gasteiger partial charge in [0.2, 0.25) is 0 Å². The number of nitrogens with zero attached hydrogens (tertiary/aromatic N) is 2. The number of piperidine rings is 1. The van der Waals surface area contributed by atoms with Gasteiger partial charge in [-0.05, 0) is 37.7 Å². The number of unbranched alkanes of at least 4 members (excludes halogenated alkanes) is 1. The van der Waals surface area contributed by atoms with Gasteiger partial charge in [-0.1, -0.05) is 30.3 Å². The van der Waals surface area contributed by atoms with E-state index in [1.807, 2.05) is 18.2 Å². The molecule has 1 saturated heterocycles. The van der Waals surface area contributed by atoms with Crippen LogP contribution in [0.2, 0.25) is 0 Å². The van der Waals surface area contributed by atoms with E-state index in [1.54, 1.807) is 0 Å². The highest BCUT2D eigenvalue weighted by molar-refractivity contribution is 14.0. The lowest BCUT2D eigenvalue weighted by atomic mass is 10.1. The first-order chi connectivity index (χ1) is 10.4. The van der Waals surface area contributed by atoms with Crippen LogP contribution in [-0.4, -0.2) is 37.1 Å². The summed E-state index contributed by atoms with van der Waals surface area (Å²) in [5, 5.41) is 0. The van der Waals surface area contributed by atoms with Crippen molar-refractivity contribution in [2.24, 2.45) is 10.7 Å². The van der Waals surface area contributed by atoms with Crippen LogP contribution in [0, 0.1) is 0 Å². The minimum Gasteiger partial charge on any atom is -0.377 e. The van der Waals surface area contributed by atoms with Crippen LogP contribution >= 0.6 is 24.0 Å². The molecule has 22 heavy (non-hydrogen) atoms. The molecule has 1 aliphatic rings. The molecule has 1 heterocycles. The second kappa shape index (κ2) is 11.7. The average Bonchev–Trinajstić information content (AvgIpc) is 2.55. The van der Waals surface area contributed by atoms with E-state index in [2.05, 4.69) is 22.0 Å². The quantitative estimate of drug-likeness (QED) is 0.320. The Labute approximate surface area is 151 Å². The Bertz CT molecular complexity index is 419. The molecule has 0 spiro atoms. The molecule has 1 fully saturated rings. The zero-order valence-corrected chi connectivity index (χ0v) is 15.6. The molecule has 0 atom stereocenters. The molecular formula is C17H28IN3O. The van der Waals surface area contributed by atoms with Crippen molar-refractivity contribution >= 4 is 29.9 Å². The molecule has 4 nitrogen and oxygen atoms in total. The van der Waals surface area contributed by atoms with Gasteiger partial charge in [0.25, 0.3) is 0 Å². The van der Waals surface area contributed by atoms with Gasteiger partial charge in [-0.25, -0.2) is 0 Å². The predicted molar refractivity (Wildman–Crippen MR) is 103 cm³/mol. The summed E-state index contributed by atoms with van der Waals surface area (Å²) in [4.78, 5) is 6.67. The molecule has 1 aliphatic heterocycles. The number of halogens is 1. The highest BCUT2D eigenvalue weighted by Gasteiger charge is 2.11. The molecule has 0 unspecified atom stereocenters. The van der Waals surface area contributed by atoms with Gasteiger partial charge in [0, 0.05) is 26.2 Å². The summed E-state index contributed by atoms with van der Waals surface area (Å²) >= 11 is 0. The summed E-state index contributed by atoms with van der Waals surface area (Å²) in [5.41, 5.74) is 7.24. The van der Waals surface area contributed by atoms with Crippen LogP contribution in [0.1, 0.15) is 37.7 Å². The standard InChI is InChI=1S/C17H27N3O.HI/c18-17(20-12-6-2-7-13-20)19-11-5-8-14-21-15-16-9-3-1-4-10-16;/h1,3-4,9-10H,2,5-8,11-15H2,(H2,18,19);1H. The Morgan fingerprint density at radius 1 is 1.09 bits per heavy atom. The topological polar surface area (TPSA) is 50.9 Å². The lowest BCUT2D eigenvalue weighted by molar-refractivity contribution is 0.117. The summed E-state index contributed by atoms with van der Waals surface area (Å²) in [6, 6.07) is 10.3. The zero-order valence-electron chi connectivity index (χ0n) is 13.2. The third kappa shape index (κ3) is 7.45. The predicted octanol–water partition coefficient (Wildman–Crippen LogP) is 3.40. The van der Waals surface area contributed by atoms with Crippen LogP contribution in [0.3, 0.4) is 0 Å². The van der Waals surface area contributed by atoms with Crippen molar-refractivity contribution in [3.63, 3.8) is 0 Å². The Morgan fingerprint density at radius 2 is 1.82 bits per heavy atom.